The van der Waals surface area contributed by atoms with E-state index in [1.165, 1.54) is 12.1 Å². The molecule has 1 aromatic rings. The van der Waals surface area contributed by atoms with Crippen molar-refractivity contribution in [3.8, 4) is 5.75 Å². The van der Waals surface area contributed by atoms with E-state index >= 15 is 0 Å². The minimum Gasteiger partial charge on any atom is -0.404 e. The molecule has 0 radical (unpaired) electrons. The van der Waals surface area contributed by atoms with Gasteiger partial charge in [-0.3, -0.25) is 0 Å². The van der Waals surface area contributed by atoms with Crippen LogP contribution in [0, 0.1) is 5.41 Å². The molecule has 0 saturated carbocycles. The van der Waals surface area contributed by atoms with Crippen molar-refractivity contribution in [3.63, 3.8) is 0 Å². The number of sulfonamides is 1. The zero-order valence-corrected chi connectivity index (χ0v) is 13.4. The van der Waals surface area contributed by atoms with Crippen LogP contribution in [0.1, 0.15) is 19.8 Å². The van der Waals surface area contributed by atoms with E-state index in [4.69, 9.17) is 0 Å². The molecule has 0 aromatic heterocycles. The molecule has 1 fully saturated rings. The van der Waals surface area contributed by atoms with Gasteiger partial charge >= 0.3 is 6.36 Å². The van der Waals surface area contributed by atoms with Gasteiger partial charge in [-0.05, 0) is 36.9 Å². The molecule has 0 spiro atoms. The van der Waals surface area contributed by atoms with Gasteiger partial charge in [-0.1, -0.05) is 19.1 Å². The second-order valence-electron chi connectivity index (χ2n) is 5.91. The van der Waals surface area contributed by atoms with Crippen LogP contribution < -0.4 is 14.8 Å². The molecule has 9 heteroatoms. The van der Waals surface area contributed by atoms with E-state index in [1.807, 2.05) is 6.92 Å². The zero-order valence-electron chi connectivity index (χ0n) is 12.6. The zero-order chi connectivity index (χ0) is 17.1. The Morgan fingerprint density at radius 3 is 2.65 bits per heavy atom. The van der Waals surface area contributed by atoms with E-state index in [0.29, 0.717) is 6.54 Å². The number of hydrogen-bond acceptors (Lipinski definition) is 4. The normalized spacial score (nSPS) is 22.8. The van der Waals surface area contributed by atoms with E-state index in [1.54, 1.807) is 0 Å². The Morgan fingerprint density at radius 2 is 2.04 bits per heavy atom. The van der Waals surface area contributed by atoms with Crippen molar-refractivity contribution in [2.24, 2.45) is 5.41 Å². The van der Waals surface area contributed by atoms with E-state index < -0.39 is 27.0 Å². The van der Waals surface area contributed by atoms with Crippen LogP contribution in [-0.2, 0) is 10.0 Å². The molecule has 1 atom stereocenters. The van der Waals surface area contributed by atoms with Gasteiger partial charge in [0.05, 0.1) is 0 Å². The van der Waals surface area contributed by atoms with Crippen molar-refractivity contribution >= 4 is 10.0 Å². The average molecular weight is 352 g/mol. The minimum absolute atomic E-state index is 0.142. The Labute approximate surface area is 133 Å². The molecule has 1 aliphatic heterocycles. The number of rotatable bonds is 5. The minimum atomic E-state index is -4.95. The van der Waals surface area contributed by atoms with Gasteiger partial charge in [0, 0.05) is 13.1 Å². The van der Waals surface area contributed by atoms with Crippen LogP contribution >= 0.6 is 0 Å². The molecular weight excluding hydrogens is 333 g/mol. The lowest BCUT2D eigenvalue weighted by molar-refractivity contribution is -0.275. The predicted molar refractivity (Wildman–Crippen MR) is 78.5 cm³/mol. The SMILES string of the molecule is CC1(CNS(=O)(=O)c2ccccc2OC(F)(F)F)CCCNC1. The third kappa shape index (κ3) is 5.08. The van der Waals surface area contributed by atoms with Gasteiger partial charge in [0.15, 0.2) is 0 Å². The molecule has 130 valence electrons. The molecule has 2 rings (SSSR count). The number of halogens is 3. The van der Waals surface area contributed by atoms with Crippen LogP contribution in [0.25, 0.3) is 0 Å². The number of piperidine rings is 1. The lowest BCUT2D eigenvalue weighted by atomic mass is 9.83. The summed E-state index contributed by atoms with van der Waals surface area (Å²) in [5, 5.41) is 3.19. The quantitative estimate of drug-likeness (QED) is 0.853. The van der Waals surface area contributed by atoms with Crippen LogP contribution in [0.5, 0.6) is 5.75 Å². The van der Waals surface area contributed by atoms with Crippen molar-refractivity contribution in [2.75, 3.05) is 19.6 Å². The molecule has 1 unspecified atom stereocenters. The highest BCUT2D eigenvalue weighted by atomic mass is 32.2. The fraction of sp³-hybridized carbons (Fsp3) is 0.571. The number of para-hydroxylation sites is 1. The largest absolute Gasteiger partial charge is 0.573 e. The maximum Gasteiger partial charge on any atom is 0.573 e. The number of alkyl halides is 3. The monoisotopic (exact) mass is 352 g/mol. The molecule has 1 aliphatic rings. The first-order valence-corrected chi connectivity index (χ1v) is 8.65. The second kappa shape index (κ2) is 6.66. The van der Waals surface area contributed by atoms with Crippen LogP contribution in [0.3, 0.4) is 0 Å². The standard InChI is InChI=1S/C14H19F3N2O3S/c1-13(7-4-8-18-9-13)10-19-23(20,21)12-6-3-2-5-11(12)22-14(15,16)17/h2-3,5-6,18-19H,4,7-10H2,1H3. The maximum absolute atomic E-state index is 12.4. The first kappa shape index (κ1) is 18.0. The van der Waals surface area contributed by atoms with Crippen molar-refractivity contribution in [2.45, 2.75) is 31.0 Å². The van der Waals surface area contributed by atoms with Gasteiger partial charge in [0.25, 0.3) is 0 Å². The van der Waals surface area contributed by atoms with Gasteiger partial charge in [0.1, 0.15) is 10.6 Å². The van der Waals surface area contributed by atoms with E-state index in [9.17, 15) is 21.6 Å². The van der Waals surface area contributed by atoms with Gasteiger partial charge in [-0.15, -0.1) is 13.2 Å². The van der Waals surface area contributed by atoms with E-state index in [-0.39, 0.29) is 12.0 Å². The van der Waals surface area contributed by atoms with Crippen LogP contribution in [0.4, 0.5) is 13.2 Å². The molecule has 0 amide bonds. The van der Waals surface area contributed by atoms with Gasteiger partial charge in [-0.2, -0.15) is 0 Å². The van der Waals surface area contributed by atoms with E-state index in [0.717, 1.165) is 31.5 Å². The Hall–Kier alpha value is -1.32. The summed E-state index contributed by atoms with van der Waals surface area (Å²) >= 11 is 0. The number of ether oxygens (including phenoxy) is 1. The van der Waals surface area contributed by atoms with Crippen LogP contribution in [-0.4, -0.2) is 34.4 Å². The summed E-state index contributed by atoms with van der Waals surface area (Å²) in [6, 6.07) is 4.70. The summed E-state index contributed by atoms with van der Waals surface area (Å²) in [7, 11) is -4.10. The van der Waals surface area contributed by atoms with Crippen LogP contribution in [0.15, 0.2) is 29.2 Å². The third-order valence-corrected chi connectivity index (χ3v) is 5.18. The van der Waals surface area contributed by atoms with Crippen molar-refractivity contribution in [3.05, 3.63) is 24.3 Å². The van der Waals surface area contributed by atoms with Crippen molar-refractivity contribution in [1.82, 2.24) is 10.0 Å². The predicted octanol–water partition coefficient (Wildman–Crippen LogP) is 2.25. The lowest BCUT2D eigenvalue weighted by Gasteiger charge is -2.34. The maximum atomic E-state index is 12.4. The van der Waals surface area contributed by atoms with Gasteiger partial charge in [0.2, 0.25) is 10.0 Å². The molecule has 0 bridgehead atoms. The molecule has 0 aliphatic carbocycles. The summed E-state index contributed by atoms with van der Waals surface area (Å²) in [6.07, 6.45) is -3.19. The Morgan fingerprint density at radius 1 is 1.35 bits per heavy atom. The molecule has 5 nitrogen and oxygen atoms in total. The first-order valence-electron chi connectivity index (χ1n) is 7.17. The molecule has 1 heterocycles. The number of benzene rings is 1. The molecule has 1 aromatic carbocycles. The summed E-state index contributed by atoms with van der Waals surface area (Å²) in [4.78, 5) is -0.523. The number of hydrogen-bond donors (Lipinski definition) is 2. The Kier molecular flexibility index (Phi) is 5.22. The van der Waals surface area contributed by atoms with Gasteiger partial charge < -0.3 is 10.1 Å². The molecule has 2 N–H and O–H groups in total. The fourth-order valence-electron chi connectivity index (χ4n) is 2.50. The van der Waals surface area contributed by atoms with Gasteiger partial charge in [-0.25, -0.2) is 13.1 Å². The second-order valence-corrected chi connectivity index (χ2v) is 7.65. The average Bonchev–Trinajstić information content (AvgIpc) is 2.45. The third-order valence-electron chi connectivity index (χ3n) is 3.74. The smallest absolute Gasteiger partial charge is 0.404 e. The Balaban J connectivity index is 2.16. The highest BCUT2D eigenvalue weighted by Crippen LogP contribution is 2.30. The fourth-order valence-corrected chi connectivity index (χ4v) is 3.82. The first-order chi connectivity index (χ1) is 10.6. The lowest BCUT2D eigenvalue weighted by Crippen LogP contribution is -2.45. The van der Waals surface area contributed by atoms with E-state index in [2.05, 4.69) is 14.8 Å². The highest BCUT2D eigenvalue weighted by molar-refractivity contribution is 7.89. The Bertz CT molecular complexity index is 641. The molecular formula is C14H19F3N2O3S. The summed E-state index contributed by atoms with van der Waals surface area (Å²) in [6.45, 7) is 3.60. The summed E-state index contributed by atoms with van der Waals surface area (Å²) in [5.41, 5.74) is -0.273. The summed E-state index contributed by atoms with van der Waals surface area (Å²) in [5.74, 6) is -0.737. The summed E-state index contributed by atoms with van der Waals surface area (Å²) < 4.78 is 68.1. The highest BCUT2D eigenvalue weighted by Gasteiger charge is 2.35. The molecule has 1 saturated heterocycles. The van der Waals surface area contributed by atoms with Crippen molar-refractivity contribution < 1.29 is 26.3 Å². The van der Waals surface area contributed by atoms with Crippen molar-refractivity contribution in [1.29, 1.82) is 0 Å². The van der Waals surface area contributed by atoms with Crippen LogP contribution in [0.2, 0.25) is 0 Å². The topological polar surface area (TPSA) is 67.4 Å². The number of nitrogens with one attached hydrogen (secondary N) is 2. The molecule has 23 heavy (non-hydrogen) atoms.